The molecule has 0 bridgehead atoms. The average Bonchev–Trinajstić information content (AvgIpc) is 2.29. The minimum absolute atomic E-state index is 0.121. The lowest BCUT2D eigenvalue weighted by molar-refractivity contribution is -0.141. The maximum Gasteiger partial charge on any atom is 0.303 e. The third-order valence-electron chi connectivity index (χ3n) is 12.6. The van der Waals surface area contributed by atoms with E-state index in [1.807, 2.05) is 0 Å². The number of halogens is 2. The molecular formula is C54H68F2N12O15. The Bertz CT molecular complexity index is 3010. The van der Waals surface area contributed by atoms with Crippen molar-refractivity contribution in [2.45, 2.75) is 110 Å². The lowest BCUT2D eigenvalue weighted by Gasteiger charge is -2.41. The van der Waals surface area contributed by atoms with E-state index in [1.165, 1.54) is 4.90 Å². The fourth-order valence-electron chi connectivity index (χ4n) is 8.73. The van der Waals surface area contributed by atoms with E-state index in [0.717, 1.165) is 49.8 Å². The molecule has 29 heteroatoms. The van der Waals surface area contributed by atoms with Crippen molar-refractivity contribution in [1.29, 1.82) is 0 Å². The number of aliphatic hydroxyl groups excluding tert-OH is 1. The molecule has 3 aromatic rings. The number of aliphatic hydroxyl groups is 1. The SMILES string of the molecule is [2H]N(C(C)=O)[C@@H](C)C(=O)N[C@@H](CC(=O)N[C@@H](CC(N)=O)C(=O)N[C@@H](CCN(C(=O)CO)[C@@H](c1cc(-c2cc(F)ccc2F)cn1Cc1ccccc1)C(C)(C)C)C(=O)NCCNC(=O)[C@@H](CCC(=O)O)NC(=O)CN1C(=O)C=CC1=O)C(N)=O. The molecule has 0 unspecified atom stereocenters. The Morgan fingerprint density at radius 3 is 1.89 bits per heavy atom. The average molecular weight is 1160 g/mol. The molecule has 0 spiro atoms. The Morgan fingerprint density at radius 1 is 0.747 bits per heavy atom. The number of carboxylic acids is 1. The molecule has 1 aliphatic rings. The minimum atomic E-state index is -1.93. The molecule has 6 atom stereocenters. The molecule has 1 aliphatic heterocycles. The highest BCUT2D eigenvalue weighted by atomic mass is 19.1. The van der Waals surface area contributed by atoms with Crippen molar-refractivity contribution in [1.82, 2.24) is 51.6 Å². The third-order valence-corrected chi connectivity index (χ3v) is 12.6. The quantitative estimate of drug-likeness (QED) is 0.0246. The van der Waals surface area contributed by atoms with Crippen molar-refractivity contribution in [3.8, 4) is 11.1 Å². The highest BCUT2D eigenvalue weighted by molar-refractivity contribution is 6.14. The van der Waals surface area contributed by atoms with Gasteiger partial charge in [0.25, 0.3) is 11.8 Å². The van der Waals surface area contributed by atoms with Crippen LogP contribution in [-0.2, 0) is 68.9 Å². The summed E-state index contributed by atoms with van der Waals surface area (Å²) in [5.74, 6) is -15.1. The Morgan fingerprint density at radius 2 is 1.34 bits per heavy atom. The van der Waals surface area contributed by atoms with Gasteiger partial charge in [-0.3, -0.25) is 67.2 Å². The van der Waals surface area contributed by atoms with Gasteiger partial charge in [0.05, 0.1) is 18.9 Å². The van der Waals surface area contributed by atoms with E-state index in [-0.39, 0.29) is 23.0 Å². The van der Waals surface area contributed by atoms with Gasteiger partial charge in [-0.1, -0.05) is 51.1 Å². The zero-order valence-corrected chi connectivity index (χ0v) is 46.1. The molecule has 27 nitrogen and oxygen atoms in total. The predicted molar refractivity (Wildman–Crippen MR) is 288 cm³/mol. The lowest BCUT2D eigenvalue weighted by Crippen LogP contribution is -2.57. The zero-order valence-electron chi connectivity index (χ0n) is 47.1. The van der Waals surface area contributed by atoms with Gasteiger partial charge in [-0.2, -0.15) is 0 Å². The first-order valence-corrected chi connectivity index (χ1v) is 25.9. The number of aromatic nitrogens is 1. The molecule has 13 N–H and O–H groups in total. The molecule has 0 saturated heterocycles. The van der Waals surface area contributed by atoms with Gasteiger partial charge in [0.1, 0.15) is 55.0 Å². The van der Waals surface area contributed by atoms with Gasteiger partial charge in [-0.15, -0.1) is 0 Å². The number of carbonyl (C=O) groups is 13. The molecule has 0 saturated carbocycles. The summed E-state index contributed by atoms with van der Waals surface area (Å²) in [5, 5.41) is 34.0. The highest BCUT2D eigenvalue weighted by Gasteiger charge is 2.39. The van der Waals surface area contributed by atoms with Crippen LogP contribution in [0.2, 0.25) is 1.41 Å². The number of carboxylic acid groups (broad SMARTS) is 1. The van der Waals surface area contributed by atoms with Gasteiger partial charge >= 0.3 is 5.97 Å². The Balaban J connectivity index is 1.70. The molecule has 12 amide bonds. The van der Waals surface area contributed by atoms with Crippen molar-refractivity contribution >= 4 is 76.9 Å². The second kappa shape index (κ2) is 30.4. The van der Waals surface area contributed by atoms with Gasteiger partial charge in [0, 0.05) is 74.7 Å². The number of benzene rings is 2. The third kappa shape index (κ3) is 20.3. The summed E-state index contributed by atoms with van der Waals surface area (Å²) >= 11 is 0. The van der Waals surface area contributed by atoms with Crippen LogP contribution in [0.5, 0.6) is 0 Å². The second-order valence-corrected chi connectivity index (χ2v) is 20.3. The summed E-state index contributed by atoms with van der Waals surface area (Å²) in [6.45, 7) is 4.21. The van der Waals surface area contributed by atoms with E-state index >= 15 is 4.39 Å². The molecule has 4 rings (SSSR count). The van der Waals surface area contributed by atoms with Gasteiger partial charge in [-0.05, 0) is 55.0 Å². The Kier molecular flexibility index (Phi) is 23.6. The highest BCUT2D eigenvalue weighted by Crippen LogP contribution is 2.41. The van der Waals surface area contributed by atoms with Crippen LogP contribution in [0.1, 0.15) is 84.0 Å². The summed E-state index contributed by atoms with van der Waals surface area (Å²) in [7, 11) is 0. The van der Waals surface area contributed by atoms with Gasteiger partial charge < -0.3 is 68.4 Å². The van der Waals surface area contributed by atoms with E-state index < -0.39 is 195 Å². The van der Waals surface area contributed by atoms with Crippen LogP contribution in [-0.4, -0.2) is 164 Å². The maximum atomic E-state index is 15.4. The summed E-state index contributed by atoms with van der Waals surface area (Å²) in [6, 6.07) is 3.81. The fraction of sp³-hybridized carbons (Fsp3) is 0.426. The maximum absolute atomic E-state index is 15.4. The summed E-state index contributed by atoms with van der Waals surface area (Å²) in [6.07, 6.45) is -0.120. The first-order chi connectivity index (χ1) is 39.4. The molecule has 0 fully saturated rings. The number of amides is 12. The van der Waals surface area contributed by atoms with Crippen molar-refractivity contribution in [3.63, 3.8) is 0 Å². The number of hydrogen-bond donors (Lipinski definition) is 11. The van der Waals surface area contributed by atoms with Crippen LogP contribution in [0, 0.1) is 17.0 Å². The molecule has 2 aromatic carbocycles. The van der Waals surface area contributed by atoms with Crippen molar-refractivity contribution in [3.05, 3.63) is 95.8 Å². The smallest absolute Gasteiger partial charge is 0.303 e. The first-order valence-electron chi connectivity index (χ1n) is 26.3. The van der Waals surface area contributed by atoms with Crippen LogP contribution in [0.25, 0.3) is 11.1 Å². The van der Waals surface area contributed by atoms with Crippen LogP contribution in [0.3, 0.4) is 0 Å². The molecule has 0 aliphatic carbocycles. The molecule has 2 heterocycles. The second-order valence-electron chi connectivity index (χ2n) is 20.3. The normalized spacial score (nSPS) is 14.4. The number of imide groups is 1. The van der Waals surface area contributed by atoms with Crippen molar-refractivity contribution < 1.29 is 82.7 Å². The molecule has 1 aromatic heterocycles. The fourth-order valence-corrected chi connectivity index (χ4v) is 8.73. The van der Waals surface area contributed by atoms with Crippen LogP contribution >= 0.6 is 0 Å². The van der Waals surface area contributed by atoms with Crippen LogP contribution in [0.15, 0.2) is 72.9 Å². The summed E-state index contributed by atoms with van der Waals surface area (Å²) < 4.78 is 39.6. The molecule has 0 radical (unpaired) electrons. The summed E-state index contributed by atoms with van der Waals surface area (Å²) in [5.41, 5.74) is 11.1. The number of rotatable bonds is 31. The summed E-state index contributed by atoms with van der Waals surface area (Å²) in [4.78, 5) is 169. The number of aliphatic carboxylic acids is 1. The van der Waals surface area contributed by atoms with Crippen molar-refractivity contribution in [2.24, 2.45) is 16.9 Å². The monoisotopic (exact) mass is 1160 g/mol. The first kappa shape index (κ1) is 64.4. The number of hydrogen-bond acceptors (Lipinski definition) is 14. The predicted octanol–water partition coefficient (Wildman–Crippen LogP) is -1.98. The van der Waals surface area contributed by atoms with E-state index in [1.54, 1.807) is 67.9 Å². The molecule has 83 heavy (non-hydrogen) atoms. The van der Waals surface area contributed by atoms with Crippen LogP contribution in [0.4, 0.5) is 8.78 Å². The minimum Gasteiger partial charge on any atom is -0.481 e. The molecule has 448 valence electrons. The number of nitrogens with one attached hydrogen (secondary N) is 7. The number of carbonyl (C=O) groups excluding carboxylic acids is 12. The van der Waals surface area contributed by atoms with E-state index in [2.05, 4.69) is 31.9 Å². The number of nitrogens with zero attached hydrogens (tertiary/aromatic N) is 3. The van der Waals surface area contributed by atoms with Gasteiger partial charge in [0.2, 0.25) is 59.1 Å². The van der Waals surface area contributed by atoms with Crippen molar-refractivity contribution in [2.75, 3.05) is 32.8 Å². The van der Waals surface area contributed by atoms with Crippen LogP contribution < -0.4 is 48.7 Å². The largest absolute Gasteiger partial charge is 0.481 e. The molecular weight excluding hydrogens is 1090 g/mol. The number of primary amides is 2. The topological polar surface area (TPSA) is 410 Å². The van der Waals surface area contributed by atoms with Gasteiger partial charge in [0.15, 0.2) is 1.41 Å². The standard InChI is InChI=1S/C54H68F2N12O15/c1-29(61-30(2)70)50(80)65-38(49(58)79)24-42(72)63-39(23-41(57)71)53(83)64-37(52(82)60-19-18-59-51(81)36(13-16-47(77)78)62-43(73)27-68-44(74)14-15-45(68)75)17-20-67(46(76)28-69)48(54(3,4)5)40-21-32(34-22-33(55)11-12-35(34)56)26-66(40)25-31-9-7-6-8-10-31/h6-12,14-15,21-22,26,29,36-39,48,69H,13,16-20,23-25,27-28H2,1-5H3,(H2,57,71)(H2,58,79)(H,59,81)(H,60,82)(H,61,70)(H,62,73)(H,63,72)(H,64,83)(H,65,80)(H,77,78)/t29-,36+,37-,38-,39-,48-/m0/s1/i/hD. The van der Waals surface area contributed by atoms with E-state index in [9.17, 15) is 76.9 Å². The Labute approximate surface area is 476 Å². The Hall–Kier alpha value is -9.41. The number of nitrogens with two attached hydrogens (primary N) is 2. The van der Waals surface area contributed by atoms with E-state index in [0.29, 0.717) is 10.6 Å². The lowest BCUT2D eigenvalue weighted by atomic mass is 9.82. The van der Waals surface area contributed by atoms with E-state index in [4.69, 9.17) is 12.9 Å². The zero-order chi connectivity index (χ0) is 62.7. The van der Waals surface area contributed by atoms with Gasteiger partial charge in [-0.25, -0.2) is 8.78 Å².